The lowest BCUT2D eigenvalue weighted by molar-refractivity contribution is 0.0697. The Hall–Kier alpha value is -2.47. The van der Waals surface area contributed by atoms with E-state index in [9.17, 15) is 4.79 Å². The lowest BCUT2D eigenvalue weighted by Gasteiger charge is -2.07. The third-order valence-electron chi connectivity index (χ3n) is 2.40. The van der Waals surface area contributed by atoms with E-state index in [1.165, 1.54) is 12.4 Å². The van der Waals surface area contributed by atoms with Gasteiger partial charge in [-0.1, -0.05) is 6.07 Å². The molecule has 0 aliphatic rings. The van der Waals surface area contributed by atoms with Gasteiger partial charge in [-0.2, -0.15) is 0 Å². The topological polar surface area (TPSA) is 84.3 Å². The quantitative estimate of drug-likeness (QED) is 0.855. The normalized spacial score (nSPS) is 10.2. The van der Waals surface area contributed by atoms with Gasteiger partial charge in [-0.05, 0) is 18.2 Å². The van der Waals surface area contributed by atoms with Crippen LogP contribution in [0.15, 0.2) is 36.7 Å². The maximum absolute atomic E-state index is 10.9. The molecule has 2 N–H and O–H groups in total. The monoisotopic (exact) mass is 259 g/mol. The van der Waals surface area contributed by atoms with Crippen molar-refractivity contribution in [2.45, 2.75) is 6.61 Å². The van der Waals surface area contributed by atoms with Crippen molar-refractivity contribution in [1.29, 1.82) is 0 Å². The Morgan fingerprint density at radius 1 is 1.37 bits per heavy atom. The van der Waals surface area contributed by atoms with E-state index < -0.39 is 5.97 Å². The third kappa shape index (κ3) is 3.49. The molecule has 1 aromatic carbocycles. The van der Waals surface area contributed by atoms with Crippen LogP contribution >= 0.6 is 0 Å². The van der Waals surface area contributed by atoms with Gasteiger partial charge in [0.1, 0.15) is 12.1 Å². The molecule has 0 amide bonds. The van der Waals surface area contributed by atoms with Crippen molar-refractivity contribution in [2.75, 3.05) is 12.4 Å². The van der Waals surface area contributed by atoms with Gasteiger partial charge in [0, 0.05) is 18.9 Å². The number of nitrogens with zero attached hydrogens (tertiary/aromatic N) is 2. The number of carbonyl (C=O) groups is 1. The fourth-order valence-corrected chi connectivity index (χ4v) is 1.57. The Morgan fingerprint density at radius 2 is 2.21 bits per heavy atom. The van der Waals surface area contributed by atoms with Gasteiger partial charge in [-0.15, -0.1) is 0 Å². The smallest absolute Gasteiger partial charge is 0.335 e. The first-order valence-electron chi connectivity index (χ1n) is 5.59. The molecule has 0 saturated carbocycles. The van der Waals surface area contributed by atoms with E-state index in [0.29, 0.717) is 18.1 Å². The van der Waals surface area contributed by atoms with Crippen molar-refractivity contribution < 1.29 is 14.6 Å². The molecule has 0 aliphatic carbocycles. The molecule has 0 spiro atoms. The average Bonchev–Trinajstić information content (AvgIpc) is 2.40. The van der Waals surface area contributed by atoms with Crippen LogP contribution in [0.4, 0.5) is 11.5 Å². The van der Waals surface area contributed by atoms with Crippen molar-refractivity contribution in [2.24, 2.45) is 0 Å². The van der Waals surface area contributed by atoms with E-state index in [-0.39, 0.29) is 5.56 Å². The molecule has 0 unspecified atom stereocenters. The van der Waals surface area contributed by atoms with Crippen LogP contribution < -0.4 is 5.32 Å². The minimum atomic E-state index is -0.966. The minimum Gasteiger partial charge on any atom is -0.478 e. The van der Waals surface area contributed by atoms with Gasteiger partial charge in [0.15, 0.2) is 0 Å². The molecule has 0 fully saturated rings. The van der Waals surface area contributed by atoms with E-state index in [0.717, 1.165) is 5.69 Å². The zero-order valence-corrected chi connectivity index (χ0v) is 10.3. The highest BCUT2D eigenvalue weighted by Crippen LogP contribution is 2.16. The molecular formula is C13H13N3O3. The number of anilines is 2. The summed E-state index contributed by atoms with van der Waals surface area (Å²) >= 11 is 0. The second-order valence-corrected chi connectivity index (χ2v) is 3.84. The fraction of sp³-hybridized carbons (Fsp3) is 0.154. The second kappa shape index (κ2) is 5.92. The van der Waals surface area contributed by atoms with Crippen molar-refractivity contribution in [3.05, 3.63) is 47.9 Å². The summed E-state index contributed by atoms with van der Waals surface area (Å²) in [5, 5.41) is 11.9. The first-order chi connectivity index (χ1) is 9.19. The molecule has 2 rings (SSSR count). The third-order valence-corrected chi connectivity index (χ3v) is 2.40. The zero-order valence-electron chi connectivity index (χ0n) is 10.3. The van der Waals surface area contributed by atoms with E-state index in [1.54, 1.807) is 31.4 Å². The number of ether oxygens (including phenoxy) is 1. The molecule has 19 heavy (non-hydrogen) atoms. The number of aromatic carboxylic acids is 1. The summed E-state index contributed by atoms with van der Waals surface area (Å²) in [6, 6.07) is 8.26. The minimum absolute atomic E-state index is 0.219. The highest BCUT2D eigenvalue weighted by atomic mass is 16.5. The van der Waals surface area contributed by atoms with E-state index >= 15 is 0 Å². The summed E-state index contributed by atoms with van der Waals surface area (Å²) in [4.78, 5) is 19.0. The van der Waals surface area contributed by atoms with E-state index in [2.05, 4.69) is 15.3 Å². The van der Waals surface area contributed by atoms with Crippen LogP contribution in [0.5, 0.6) is 0 Å². The highest BCUT2D eigenvalue weighted by Gasteiger charge is 2.04. The van der Waals surface area contributed by atoms with Crippen molar-refractivity contribution >= 4 is 17.5 Å². The fourth-order valence-electron chi connectivity index (χ4n) is 1.57. The van der Waals surface area contributed by atoms with Crippen LogP contribution in [-0.4, -0.2) is 28.2 Å². The number of carboxylic acid groups (broad SMARTS) is 1. The Balaban J connectivity index is 2.18. The van der Waals surface area contributed by atoms with Crippen molar-refractivity contribution in [3.8, 4) is 0 Å². The number of hydrogen-bond donors (Lipinski definition) is 2. The molecule has 2 aromatic rings. The predicted octanol–water partition coefficient (Wildman–Crippen LogP) is 2.06. The van der Waals surface area contributed by atoms with Gasteiger partial charge in [0.05, 0.1) is 17.9 Å². The molecule has 98 valence electrons. The van der Waals surface area contributed by atoms with Crippen LogP contribution in [0.25, 0.3) is 0 Å². The Labute approximate surface area is 110 Å². The van der Waals surface area contributed by atoms with Gasteiger partial charge in [-0.25, -0.2) is 14.8 Å². The van der Waals surface area contributed by atoms with Crippen molar-refractivity contribution in [1.82, 2.24) is 9.97 Å². The maximum atomic E-state index is 10.9. The summed E-state index contributed by atoms with van der Waals surface area (Å²) in [6.45, 7) is 0.395. The molecule has 0 radical (unpaired) electrons. The van der Waals surface area contributed by atoms with E-state index in [4.69, 9.17) is 9.84 Å². The number of nitrogens with one attached hydrogen (secondary N) is 1. The molecule has 0 saturated heterocycles. The summed E-state index contributed by atoms with van der Waals surface area (Å²) in [7, 11) is 1.59. The largest absolute Gasteiger partial charge is 0.478 e. The summed E-state index contributed by atoms with van der Waals surface area (Å²) in [6.07, 6.45) is 1.43. The van der Waals surface area contributed by atoms with Crippen molar-refractivity contribution in [3.63, 3.8) is 0 Å². The molecule has 0 aliphatic heterocycles. The number of rotatable bonds is 5. The molecule has 6 heteroatoms. The Morgan fingerprint density at radius 3 is 2.95 bits per heavy atom. The van der Waals surface area contributed by atoms with Gasteiger partial charge in [0.25, 0.3) is 0 Å². The van der Waals surface area contributed by atoms with Gasteiger partial charge in [-0.3, -0.25) is 0 Å². The predicted molar refractivity (Wildman–Crippen MR) is 69.4 cm³/mol. The summed E-state index contributed by atoms with van der Waals surface area (Å²) in [5.41, 5.74) is 1.62. The Kier molecular flexibility index (Phi) is 4.04. The Bertz CT molecular complexity index is 587. The average molecular weight is 259 g/mol. The van der Waals surface area contributed by atoms with Crippen LogP contribution in [0, 0.1) is 0 Å². The first kappa shape index (κ1) is 13.0. The first-order valence-corrected chi connectivity index (χ1v) is 5.59. The highest BCUT2D eigenvalue weighted by molar-refractivity contribution is 5.89. The number of methoxy groups -OCH3 is 1. The van der Waals surface area contributed by atoms with Crippen LogP contribution in [0.1, 0.15) is 16.1 Å². The maximum Gasteiger partial charge on any atom is 0.335 e. The molecule has 1 aromatic heterocycles. The van der Waals surface area contributed by atoms with E-state index in [1.807, 2.05) is 0 Å². The molecular weight excluding hydrogens is 246 g/mol. The van der Waals surface area contributed by atoms with Gasteiger partial charge < -0.3 is 15.2 Å². The number of hydrogen-bond acceptors (Lipinski definition) is 5. The summed E-state index contributed by atoms with van der Waals surface area (Å²) < 4.78 is 4.99. The molecule has 0 atom stereocenters. The van der Waals surface area contributed by atoms with Gasteiger partial charge >= 0.3 is 5.97 Å². The second-order valence-electron chi connectivity index (χ2n) is 3.84. The lowest BCUT2D eigenvalue weighted by atomic mass is 10.2. The van der Waals surface area contributed by atoms with Crippen LogP contribution in [-0.2, 0) is 11.3 Å². The van der Waals surface area contributed by atoms with Crippen LogP contribution in [0.3, 0.4) is 0 Å². The standard InChI is InChI=1S/C13H13N3O3/c1-19-7-11-6-12(15-8-14-11)16-10-4-2-3-9(5-10)13(17)18/h2-6,8H,7H2,1H3,(H,17,18)(H,14,15,16). The zero-order chi connectivity index (χ0) is 13.7. The number of benzene rings is 1. The molecule has 6 nitrogen and oxygen atoms in total. The number of aromatic nitrogens is 2. The van der Waals surface area contributed by atoms with Crippen LogP contribution in [0.2, 0.25) is 0 Å². The molecule has 1 heterocycles. The summed E-state index contributed by atoms with van der Waals surface area (Å²) in [5.74, 6) is -0.379. The SMILES string of the molecule is COCc1cc(Nc2cccc(C(=O)O)c2)ncn1. The lowest BCUT2D eigenvalue weighted by Crippen LogP contribution is -2.00. The van der Waals surface area contributed by atoms with Gasteiger partial charge in [0.2, 0.25) is 0 Å². The number of carboxylic acids is 1. The molecule has 0 bridgehead atoms.